The first-order valence-electron chi connectivity index (χ1n) is 3.01. The SMILES string of the molecule is CNc1cc(Cl)c(O)c(Cl)c1. The molecular weight excluding hydrogens is 185 g/mol. The van der Waals surface area contributed by atoms with Gasteiger partial charge in [0.25, 0.3) is 0 Å². The van der Waals surface area contributed by atoms with Gasteiger partial charge < -0.3 is 10.4 Å². The molecular formula is C7H7Cl2NO. The van der Waals surface area contributed by atoms with E-state index in [-0.39, 0.29) is 15.8 Å². The molecule has 0 saturated heterocycles. The normalized spacial score (nSPS) is 9.73. The molecule has 0 spiro atoms. The van der Waals surface area contributed by atoms with E-state index < -0.39 is 0 Å². The summed E-state index contributed by atoms with van der Waals surface area (Å²) in [7, 11) is 1.75. The van der Waals surface area contributed by atoms with Gasteiger partial charge in [-0.25, -0.2) is 0 Å². The molecule has 2 nitrogen and oxygen atoms in total. The molecule has 11 heavy (non-hydrogen) atoms. The summed E-state index contributed by atoms with van der Waals surface area (Å²) in [5, 5.41) is 12.5. The molecule has 0 unspecified atom stereocenters. The molecule has 0 amide bonds. The maximum absolute atomic E-state index is 9.13. The van der Waals surface area contributed by atoms with E-state index in [1.807, 2.05) is 0 Å². The van der Waals surface area contributed by atoms with E-state index in [0.717, 1.165) is 5.69 Å². The molecule has 2 N–H and O–H groups in total. The maximum atomic E-state index is 9.13. The number of hydrogen-bond donors (Lipinski definition) is 2. The van der Waals surface area contributed by atoms with Gasteiger partial charge in [0, 0.05) is 12.7 Å². The minimum Gasteiger partial charge on any atom is -0.505 e. The molecule has 0 aliphatic carbocycles. The minimum atomic E-state index is -0.0765. The third-order valence-electron chi connectivity index (χ3n) is 1.31. The van der Waals surface area contributed by atoms with Crippen molar-refractivity contribution in [2.75, 3.05) is 12.4 Å². The molecule has 0 saturated carbocycles. The van der Waals surface area contributed by atoms with Crippen LogP contribution in [0.4, 0.5) is 5.69 Å². The van der Waals surface area contributed by atoms with Gasteiger partial charge in [-0.2, -0.15) is 0 Å². The Morgan fingerprint density at radius 1 is 1.27 bits per heavy atom. The van der Waals surface area contributed by atoms with Crippen LogP contribution in [0.15, 0.2) is 12.1 Å². The lowest BCUT2D eigenvalue weighted by molar-refractivity contribution is 0.476. The van der Waals surface area contributed by atoms with E-state index in [1.165, 1.54) is 0 Å². The smallest absolute Gasteiger partial charge is 0.152 e. The lowest BCUT2D eigenvalue weighted by atomic mass is 10.3. The van der Waals surface area contributed by atoms with Crippen molar-refractivity contribution < 1.29 is 5.11 Å². The fourth-order valence-electron chi connectivity index (χ4n) is 0.710. The van der Waals surface area contributed by atoms with Crippen LogP contribution >= 0.6 is 23.2 Å². The molecule has 1 aromatic carbocycles. The fraction of sp³-hybridized carbons (Fsp3) is 0.143. The first-order chi connectivity index (χ1) is 5.15. The molecule has 0 aliphatic heterocycles. The molecule has 60 valence electrons. The summed E-state index contributed by atoms with van der Waals surface area (Å²) in [6.07, 6.45) is 0. The Kier molecular flexibility index (Phi) is 2.47. The van der Waals surface area contributed by atoms with E-state index >= 15 is 0 Å². The Morgan fingerprint density at radius 3 is 2.09 bits per heavy atom. The average Bonchev–Trinajstić information content (AvgIpc) is 1.99. The van der Waals surface area contributed by atoms with Crippen LogP contribution in [0, 0.1) is 0 Å². The zero-order chi connectivity index (χ0) is 8.43. The molecule has 1 rings (SSSR count). The largest absolute Gasteiger partial charge is 0.505 e. The predicted molar refractivity (Wildman–Crippen MR) is 47.7 cm³/mol. The molecule has 0 aromatic heterocycles. The Labute approximate surface area is 74.7 Å². The Morgan fingerprint density at radius 2 is 1.73 bits per heavy atom. The zero-order valence-corrected chi connectivity index (χ0v) is 7.37. The number of rotatable bonds is 1. The second-order valence-electron chi connectivity index (χ2n) is 2.04. The topological polar surface area (TPSA) is 32.3 Å². The van der Waals surface area contributed by atoms with Crippen LogP contribution in [0.25, 0.3) is 0 Å². The van der Waals surface area contributed by atoms with Crippen molar-refractivity contribution in [1.82, 2.24) is 0 Å². The first-order valence-corrected chi connectivity index (χ1v) is 3.76. The van der Waals surface area contributed by atoms with Gasteiger partial charge in [0.15, 0.2) is 5.75 Å². The summed E-state index contributed by atoms with van der Waals surface area (Å²) < 4.78 is 0. The van der Waals surface area contributed by atoms with Crippen LogP contribution in [-0.4, -0.2) is 12.2 Å². The number of hydrogen-bond acceptors (Lipinski definition) is 2. The third kappa shape index (κ3) is 1.70. The lowest BCUT2D eigenvalue weighted by Gasteiger charge is -2.03. The summed E-state index contributed by atoms with van der Waals surface area (Å²) in [5.74, 6) is -0.0765. The monoisotopic (exact) mass is 191 g/mol. The van der Waals surface area contributed by atoms with Gasteiger partial charge in [-0.1, -0.05) is 23.2 Å². The van der Waals surface area contributed by atoms with E-state index in [4.69, 9.17) is 28.3 Å². The van der Waals surface area contributed by atoms with Crippen LogP contribution in [0.5, 0.6) is 5.75 Å². The number of anilines is 1. The van der Waals surface area contributed by atoms with Crippen LogP contribution in [0.2, 0.25) is 10.0 Å². The summed E-state index contributed by atoms with van der Waals surface area (Å²) in [4.78, 5) is 0. The number of benzene rings is 1. The van der Waals surface area contributed by atoms with Gasteiger partial charge in [-0.3, -0.25) is 0 Å². The number of phenolic OH excluding ortho intramolecular Hbond substituents is 1. The molecule has 0 heterocycles. The van der Waals surface area contributed by atoms with Gasteiger partial charge in [-0.15, -0.1) is 0 Å². The summed E-state index contributed by atoms with van der Waals surface area (Å²) >= 11 is 11.2. The van der Waals surface area contributed by atoms with E-state index in [2.05, 4.69) is 5.32 Å². The number of nitrogens with one attached hydrogen (secondary N) is 1. The Hall–Kier alpha value is -0.600. The maximum Gasteiger partial charge on any atom is 0.152 e. The highest BCUT2D eigenvalue weighted by Crippen LogP contribution is 2.34. The Bertz CT molecular complexity index is 252. The standard InChI is InChI=1S/C7H7Cl2NO/c1-10-4-2-5(8)7(11)6(9)3-4/h2-3,10-11H,1H3. The highest BCUT2D eigenvalue weighted by molar-refractivity contribution is 6.37. The van der Waals surface area contributed by atoms with E-state index in [1.54, 1.807) is 19.2 Å². The van der Waals surface area contributed by atoms with Crippen LogP contribution in [-0.2, 0) is 0 Å². The molecule has 0 bridgehead atoms. The average molecular weight is 192 g/mol. The Balaban J connectivity index is 3.21. The molecule has 0 radical (unpaired) electrons. The van der Waals surface area contributed by atoms with E-state index in [9.17, 15) is 0 Å². The van der Waals surface area contributed by atoms with Crippen molar-refractivity contribution in [3.63, 3.8) is 0 Å². The van der Waals surface area contributed by atoms with E-state index in [0.29, 0.717) is 0 Å². The fourth-order valence-corrected chi connectivity index (χ4v) is 1.20. The van der Waals surface area contributed by atoms with Crippen molar-refractivity contribution in [1.29, 1.82) is 0 Å². The summed E-state index contributed by atoms with van der Waals surface area (Å²) in [6, 6.07) is 3.20. The number of phenols is 1. The van der Waals surface area contributed by atoms with Crippen molar-refractivity contribution in [2.24, 2.45) is 0 Å². The molecule has 4 heteroatoms. The summed E-state index contributed by atoms with van der Waals surface area (Å²) in [6.45, 7) is 0. The van der Waals surface area contributed by atoms with Gasteiger partial charge in [0.05, 0.1) is 10.0 Å². The van der Waals surface area contributed by atoms with Crippen molar-refractivity contribution >= 4 is 28.9 Å². The van der Waals surface area contributed by atoms with Gasteiger partial charge in [0.2, 0.25) is 0 Å². The highest BCUT2D eigenvalue weighted by Gasteiger charge is 2.04. The van der Waals surface area contributed by atoms with Gasteiger partial charge >= 0.3 is 0 Å². The second-order valence-corrected chi connectivity index (χ2v) is 2.85. The summed E-state index contributed by atoms with van der Waals surface area (Å²) in [5.41, 5.74) is 0.776. The van der Waals surface area contributed by atoms with Crippen LogP contribution in [0.3, 0.4) is 0 Å². The van der Waals surface area contributed by atoms with Crippen molar-refractivity contribution in [3.8, 4) is 5.75 Å². The number of aromatic hydroxyl groups is 1. The van der Waals surface area contributed by atoms with Crippen molar-refractivity contribution in [2.45, 2.75) is 0 Å². The molecule has 1 aromatic rings. The zero-order valence-electron chi connectivity index (χ0n) is 5.86. The van der Waals surface area contributed by atoms with Crippen LogP contribution < -0.4 is 5.32 Å². The molecule has 0 aliphatic rings. The highest BCUT2D eigenvalue weighted by atomic mass is 35.5. The predicted octanol–water partition coefficient (Wildman–Crippen LogP) is 2.74. The molecule has 0 fully saturated rings. The number of halogens is 2. The van der Waals surface area contributed by atoms with Gasteiger partial charge in [0.1, 0.15) is 0 Å². The first kappa shape index (κ1) is 8.50. The van der Waals surface area contributed by atoms with Crippen LogP contribution in [0.1, 0.15) is 0 Å². The quantitative estimate of drug-likeness (QED) is 0.670. The second kappa shape index (κ2) is 3.20. The van der Waals surface area contributed by atoms with Gasteiger partial charge in [-0.05, 0) is 12.1 Å². The lowest BCUT2D eigenvalue weighted by Crippen LogP contribution is -1.87. The third-order valence-corrected chi connectivity index (χ3v) is 1.88. The molecule has 0 atom stereocenters. The van der Waals surface area contributed by atoms with Crippen molar-refractivity contribution in [3.05, 3.63) is 22.2 Å². The minimum absolute atomic E-state index is 0.0765.